The zero-order valence-electron chi connectivity index (χ0n) is 6.47. The Balaban J connectivity index is 2.11. The van der Waals surface area contributed by atoms with Gasteiger partial charge in [0.2, 0.25) is 0 Å². The topological polar surface area (TPSA) is 83.9 Å². The molecule has 0 aromatic carbocycles. The number of nitrogens with zero attached hydrogens (tertiary/aromatic N) is 4. The van der Waals surface area contributed by atoms with Crippen molar-refractivity contribution in [1.82, 2.24) is 20.6 Å². The molecule has 0 aliphatic heterocycles. The lowest BCUT2D eigenvalue weighted by atomic mass is 10.3. The summed E-state index contributed by atoms with van der Waals surface area (Å²) in [5.74, 6) is 0.677. The molecule has 0 saturated heterocycles. The molecule has 0 aliphatic carbocycles. The number of H-pyrrole nitrogens is 1. The number of aldehydes is 1. The van der Waals surface area contributed by atoms with Crippen molar-refractivity contribution < 1.29 is 4.79 Å². The number of hydrogen-bond acceptors (Lipinski definition) is 5. The van der Waals surface area contributed by atoms with E-state index in [0.29, 0.717) is 18.7 Å². The molecule has 0 unspecified atom stereocenters. The summed E-state index contributed by atoms with van der Waals surface area (Å²) >= 11 is 0. The number of aliphatic imine (C=N–C) groups is 1. The van der Waals surface area contributed by atoms with E-state index < -0.39 is 0 Å². The molecule has 1 N–H and O–H groups in total. The van der Waals surface area contributed by atoms with E-state index in [0.717, 1.165) is 12.8 Å². The van der Waals surface area contributed by atoms with Gasteiger partial charge in [0.25, 0.3) is 0 Å². The van der Waals surface area contributed by atoms with Crippen molar-refractivity contribution in [3.8, 4) is 0 Å². The van der Waals surface area contributed by atoms with Crippen LogP contribution < -0.4 is 0 Å². The Morgan fingerprint density at radius 3 is 3.17 bits per heavy atom. The Kier molecular flexibility index (Phi) is 3.62. The van der Waals surface area contributed by atoms with Gasteiger partial charge in [-0.1, -0.05) is 5.21 Å². The van der Waals surface area contributed by atoms with Crippen molar-refractivity contribution in [2.45, 2.75) is 12.8 Å². The molecule has 0 aliphatic rings. The van der Waals surface area contributed by atoms with Gasteiger partial charge >= 0.3 is 0 Å². The molecular formula is C6H9N5O. The lowest BCUT2D eigenvalue weighted by Gasteiger charge is -1.88. The molecule has 1 rings (SSSR count). The molecular weight excluding hydrogens is 158 g/mol. The summed E-state index contributed by atoms with van der Waals surface area (Å²) in [6.07, 6.45) is 3.46. The van der Waals surface area contributed by atoms with Gasteiger partial charge < -0.3 is 0 Å². The van der Waals surface area contributed by atoms with Crippen LogP contribution in [0.3, 0.4) is 0 Å². The molecule has 0 radical (unpaired) electrons. The monoisotopic (exact) mass is 167 g/mol. The molecule has 1 aromatic rings. The minimum absolute atomic E-state index is 0.618. The van der Waals surface area contributed by atoms with Gasteiger partial charge in [0.1, 0.15) is 0 Å². The van der Waals surface area contributed by atoms with Gasteiger partial charge in [0.15, 0.2) is 12.1 Å². The lowest BCUT2D eigenvalue weighted by molar-refractivity contribution is -0.102. The van der Waals surface area contributed by atoms with Crippen LogP contribution in [0.1, 0.15) is 12.2 Å². The van der Waals surface area contributed by atoms with Crippen molar-refractivity contribution >= 4 is 12.5 Å². The number of aromatic amines is 1. The van der Waals surface area contributed by atoms with Crippen LogP contribution in [0.4, 0.5) is 0 Å². The molecule has 0 saturated carbocycles. The van der Waals surface area contributed by atoms with Gasteiger partial charge in [-0.3, -0.25) is 9.79 Å². The van der Waals surface area contributed by atoms with Crippen molar-refractivity contribution in [3.63, 3.8) is 0 Å². The second kappa shape index (κ2) is 5.11. The minimum atomic E-state index is 0.618. The summed E-state index contributed by atoms with van der Waals surface area (Å²) in [6.45, 7) is 0.618. The molecule has 0 atom stereocenters. The Morgan fingerprint density at radius 1 is 1.58 bits per heavy atom. The molecule has 0 spiro atoms. The highest BCUT2D eigenvalue weighted by atomic mass is 16.1. The fourth-order valence-corrected chi connectivity index (χ4v) is 0.734. The maximum Gasteiger partial charge on any atom is 0.174 e. The maximum absolute atomic E-state index is 9.81. The van der Waals surface area contributed by atoms with E-state index in [1.165, 1.54) is 6.21 Å². The maximum atomic E-state index is 9.81. The highest BCUT2D eigenvalue weighted by molar-refractivity contribution is 6.12. The first-order chi connectivity index (χ1) is 5.93. The van der Waals surface area contributed by atoms with E-state index in [-0.39, 0.29) is 0 Å². The Morgan fingerprint density at radius 2 is 2.50 bits per heavy atom. The quantitative estimate of drug-likeness (QED) is 0.360. The minimum Gasteiger partial charge on any atom is -0.297 e. The fraction of sp³-hybridized carbons (Fsp3) is 0.500. The second-order valence-electron chi connectivity index (χ2n) is 2.12. The lowest BCUT2D eigenvalue weighted by Crippen LogP contribution is -1.91. The first-order valence-electron chi connectivity index (χ1n) is 3.59. The first kappa shape index (κ1) is 8.51. The largest absolute Gasteiger partial charge is 0.297 e. The zero-order chi connectivity index (χ0) is 8.65. The van der Waals surface area contributed by atoms with Gasteiger partial charge in [-0.25, -0.2) is 0 Å². The third kappa shape index (κ3) is 3.00. The summed E-state index contributed by atoms with van der Waals surface area (Å²) in [4.78, 5) is 13.6. The summed E-state index contributed by atoms with van der Waals surface area (Å²) in [5.41, 5.74) is 0. The van der Waals surface area contributed by atoms with E-state index in [9.17, 15) is 4.79 Å². The van der Waals surface area contributed by atoms with Crippen molar-refractivity contribution in [3.05, 3.63) is 5.82 Å². The summed E-state index contributed by atoms with van der Waals surface area (Å²) in [6, 6.07) is 0. The van der Waals surface area contributed by atoms with Crippen LogP contribution in [0.25, 0.3) is 0 Å². The molecule has 6 nitrogen and oxygen atoms in total. The van der Waals surface area contributed by atoms with E-state index in [2.05, 4.69) is 25.6 Å². The summed E-state index contributed by atoms with van der Waals surface area (Å²) in [5, 5.41) is 13.3. The fourth-order valence-electron chi connectivity index (χ4n) is 0.734. The second-order valence-corrected chi connectivity index (χ2v) is 2.12. The van der Waals surface area contributed by atoms with Crippen molar-refractivity contribution in [2.75, 3.05) is 6.54 Å². The Hall–Kier alpha value is -1.59. The van der Waals surface area contributed by atoms with E-state index in [1.54, 1.807) is 0 Å². The van der Waals surface area contributed by atoms with Crippen LogP contribution in [0.2, 0.25) is 0 Å². The number of aryl methyl sites for hydroxylation is 1. The molecule has 64 valence electrons. The number of carbonyl (C=O) groups is 1. The summed E-state index contributed by atoms with van der Waals surface area (Å²) in [7, 11) is 0. The molecule has 1 aromatic heterocycles. The van der Waals surface area contributed by atoms with Crippen LogP contribution in [0.5, 0.6) is 0 Å². The van der Waals surface area contributed by atoms with E-state index >= 15 is 0 Å². The number of rotatable bonds is 5. The molecule has 0 bridgehead atoms. The van der Waals surface area contributed by atoms with Gasteiger partial charge in [0.05, 0.1) is 6.21 Å². The van der Waals surface area contributed by atoms with Crippen LogP contribution in [-0.2, 0) is 11.2 Å². The van der Waals surface area contributed by atoms with Gasteiger partial charge in [-0.2, -0.15) is 5.21 Å². The first-order valence-corrected chi connectivity index (χ1v) is 3.59. The van der Waals surface area contributed by atoms with Gasteiger partial charge in [0, 0.05) is 13.0 Å². The van der Waals surface area contributed by atoms with Crippen molar-refractivity contribution in [2.24, 2.45) is 4.99 Å². The normalized spacial score (nSPS) is 10.7. The standard InChI is InChI=1S/C6H9N5O/c12-5-4-7-3-1-2-6-8-10-11-9-6/h4-5H,1-3H2,(H,8,9,10,11). The Bertz CT molecular complexity index is 242. The third-order valence-corrected chi connectivity index (χ3v) is 1.24. The highest BCUT2D eigenvalue weighted by Crippen LogP contribution is 1.91. The predicted octanol–water partition coefficient (Wildman–Crippen LogP) is -0.598. The SMILES string of the molecule is O=CC=NCCCc1nn[nH]n1. The van der Waals surface area contributed by atoms with E-state index in [1.807, 2.05) is 0 Å². The van der Waals surface area contributed by atoms with Crippen LogP contribution in [0.15, 0.2) is 4.99 Å². The van der Waals surface area contributed by atoms with Crippen LogP contribution in [0, 0.1) is 0 Å². The number of aromatic nitrogens is 4. The molecule has 6 heteroatoms. The number of tetrazole rings is 1. The number of carbonyl (C=O) groups excluding carboxylic acids is 1. The van der Waals surface area contributed by atoms with Gasteiger partial charge in [-0.05, 0) is 6.42 Å². The average molecular weight is 167 g/mol. The zero-order valence-corrected chi connectivity index (χ0v) is 6.47. The van der Waals surface area contributed by atoms with E-state index in [4.69, 9.17) is 0 Å². The molecule has 12 heavy (non-hydrogen) atoms. The number of hydrogen-bond donors (Lipinski definition) is 1. The summed E-state index contributed by atoms with van der Waals surface area (Å²) < 4.78 is 0. The molecule has 0 fully saturated rings. The predicted molar refractivity (Wildman–Crippen MR) is 41.9 cm³/mol. The van der Waals surface area contributed by atoms with Gasteiger partial charge in [-0.15, -0.1) is 10.2 Å². The third-order valence-electron chi connectivity index (χ3n) is 1.24. The Labute approximate surface area is 69.1 Å². The molecule has 1 heterocycles. The average Bonchev–Trinajstić information content (AvgIpc) is 2.57. The molecule has 0 amide bonds. The smallest absolute Gasteiger partial charge is 0.174 e. The number of nitrogens with one attached hydrogen (secondary N) is 1. The van der Waals surface area contributed by atoms with Crippen LogP contribution in [-0.4, -0.2) is 39.7 Å². The van der Waals surface area contributed by atoms with Crippen molar-refractivity contribution in [1.29, 1.82) is 0 Å². The highest BCUT2D eigenvalue weighted by Gasteiger charge is 1.95. The van der Waals surface area contributed by atoms with Crippen LogP contribution >= 0.6 is 0 Å².